The van der Waals surface area contributed by atoms with E-state index in [1.54, 1.807) is 7.11 Å². The molecule has 1 saturated heterocycles. The zero-order chi connectivity index (χ0) is 17.6. The Balaban J connectivity index is 1.42. The molecule has 2 fully saturated rings. The number of carbonyl (C=O) groups excluding carboxylic acids is 2. The molecule has 1 aromatic carbocycles. The molecule has 25 heavy (non-hydrogen) atoms. The molecule has 1 aliphatic carbocycles. The van der Waals surface area contributed by atoms with Gasteiger partial charge in [0.25, 0.3) is 0 Å². The number of rotatable bonds is 6. The summed E-state index contributed by atoms with van der Waals surface area (Å²) in [7, 11) is 1.66. The minimum Gasteiger partial charge on any atom is -0.496 e. The Kier molecular flexibility index (Phi) is 5.95. The average Bonchev–Trinajstić information content (AvgIpc) is 3.45. The molecule has 1 N–H and O–H groups in total. The fourth-order valence-electron chi connectivity index (χ4n) is 3.70. The molecule has 0 radical (unpaired) electrons. The molecule has 136 valence electrons. The normalized spacial score (nSPS) is 22.8. The van der Waals surface area contributed by atoms with Crippen molar-refractivity contribution >= 4 is 11.8 Å². The first kappa shape index (κ1) is 17.8. The van der Waals surface area contributed by atoms with E-state index in [-0.39, 0.29) is 23.7 Å². The third kappa shape index (κ3) is 4.53. The predicted octanol–water partition coefficient (Wildman–Crippen LogP) is 2.71. The summed E-state index contributed by atoms with van der Waals surface area (Å²) in [6, 6.07) is 7.88. The van der Waals surface area contributed by atoms with Crippen molar-refractivity contribution in [3.8, 4) is 5.75 Å². The van der Waals surface area contributed by atoms with Crippen LogP contribution in [0.3, 0.4) is 0 Å². The lowest BCUT2D eigenvalue weighted by Crippen LogP contribution is -2.35. The molecular formula is C20H28N2O3. The Labute approximate surface area is 149 Å². The lowest BCUT2D eigenvalue weighted by molar-refractivity contribution is -0.131. The maximum Gasteiger partial charge on any atom is 0.224 e. The van der Waals surface area contributed by atoms with Gasteiger partial charge in [-0.25, -0.2) is 0 Å². The third-order valence-corrected chi connectivity index (χ3v) is 5.26. The number of nitrogens with zero attached hydrogens (tertiary/aromatic N) is 1. The lowest BCUT2D eigenvalue weighted by Gasteiger charge is -2.20. The van der Waals surface area contributed by atoms with Crippen LogP contribution in [-0.2, 0) is 9.59 Å². The largest absolute Gasteiger partial charge is 0.496 e. The van der Waals surface area contributed by atoms with Gasteiger partial charge in [-0.2, -0.15) is 0 Å². The molecule has 0 unspecified atom stereocenters. The predicted molar refractivity (Wildman–Crippen MR) is 96.5 cm³/mol. The monoisotopic (exact) mass is 344 g/mol. The second-order valence-corrected chi connectivity index (χ2v) is 7.03. The number of benzene rings is 1. The quantitative estimate of drug-likeness (QED) is 0.863. The van der Waals surface area contributed by atoms with E-state index in [2.05, 4.69) is 5.32 Å². The molecule has 1 saturated carbocycles. The summed E-state index contributed by atoms with van der Waals surface area (Å²) in [6.07, 6.45) is 5.88. The molecule has 5 nitrogen and oxygen atoms in total. The van der Waals surface area contributed by atoms with Crippen molar-refractivity contribution < 1.29 is 14.3 Å². The second-order valence-electron chi connectivity index (χ2n) is 7.03. The number of carbonyl (C=O) groups is 2. The molecule has 0 spiro atoms. The van der Waals surface area contributed by atoms with Crippen LogP contribution < -0.4 is 10.1 Å². The van der Waals surface area contributed by atoms with Crippen LogP contribution >= 0.6 is 0 Å². The molecule has 1 heterocycles. The van der Waals surface area contributed by atoms with E-state index in [0.29, 0.717) is 13.0 Å². The van der Waals surface area contributed by atoms with Gasteiger partial charge in [0.2, 0.25) is 11.8 Å². The smallest absolute Gasteiger partial charge is 0.224 e. The number of hydrogen-bond donors (Lipinski definition) is 1. The number of methoxy groups -OCH3 is 1. The molecular weight excluding hydrogens is 316 g/mol. The minimum atomic E-state index is 0.00425. The summed E-state index contributed by atoms with van der Waals surface area (Å²) in [4.78, 5) is 26.5. The topological polar surface area (TPSA) is 58.6 Å². The summed E-state index contributed by atoms with van der Waals surface area (Å²) in [5.74, 6) is 1.31. The van der Waals surface area contributed by atoms with Gasteiger partial charge in [-0.3, -0.25) is 9.59 Å². The van der Waals surface area contributed by atoms with Crippen LogP contribution in [0.5, 0.6) is 5.75 Å². The number of para-hydroxylation sites is 1. The first-order chi connectivity index (χ1) is 12.2. The van der Waals surface area contributed by atoms with Crippen LogP contribution in [0.25, 0.3) is 0 Å². The van der Waals surface area contributed by atoms with Gasteiger partial charge in [-0.05, 0) is 36.8 Å². The van der Waals surface area contributed by atoms with E-state index in [0.717, 1.165) is 43.7 Å². The Bertz CT molecular complexity index is 609. The van der Waals surface area contributed by atoms with Crippen molar-refractivity contribution in [1.82, 2.24) is 10.2 Å². The van der Waals surface area contributed by atoms with Gasteiger partial charge in [-0.1, -0.05) is 31.0 Å². The second kappa shape index (κ2) is 8.37. The van der Waals surface area contributed by atoms with Crippen molar-refractivity contribution in [1.29, 1.82) is 0 Å². The molecule has 1 aromatic rings. The van der Waals surface area contributed by atoms with Gasteiger partial charge < -0.3 is 15.0 Å². The SMILES string of the molecule is COc1ccccc1[C@H]1C[C@H]1C(=O)NCCC(=O)N1CCCCCC1. The van der Waals surface area contributed by atoms with Crippen molar-refractivity contribution in [2.75, 3.05) is 26.7 Å². The summed E-state index contributed by atoms with van der Waals surface area (Å²) in [5.41, 5.74) is 1.10. The molecule has 5 heteroatoms. The summed E-state index contributed by atoms with van der Waals surface area (Å²) in [5, 5.41) is 2.94. The van der Waals surface area contributed by atoms with E-state index in [1.807, 2.05) is 29.2 Å². The number of likely N-dealkylation sites (tertiary alicyclic amines) is 1. The maximum absolute atomic E-state index is 12.3. The Hall–Kier alpha value is -2.04. The molecule has 2 atom stereocenters. The van der Waals surface area contributed by atoms with E-state index in [9.17, 15) is 9.59 Å². The van der Waals surface area contributed by atoms with Gasteiger partial charge in [0, 0.05) is 32.0 Å². The Morgan fingerprint density at radius 1 is 1.16 bits per heavy atom. The highest BCUT2D eigenvalue weighted by atomic mass is 16.5. The lowest BCUT2D eigenvalue weighted by atomic mass is 10.1. The Morgan fingerprint density at radius 3 is 2.60 bits per heavy atom. The minimum absolute atomic E-state index is 0.00425. The first-order valence-corrected chi connectivity index (χ1v) is 9.39. The zero-order valence-corrected chi connectivity index (χ0v) is 15.0. The summed E-state index contributed by atoms with van der Waals surface area (Å²) >= 11 is 0. The van der Waals surface area contributed by atoms with Crippen LogP contribution in [0, 0.1) is 5.92 Å². The summed E-state index contributed by atoms with van der Waals surface area (Å²) < 4.78 is 5.38. The molecule has 2 aliphatic rings. The van der Waals surface area contributed by atoms with Gasteiger partial charge in [0.1, 0.15) is 5.75 Å². The zero-order valence-electron chi connectivity index (χ0n) is 15.0. The van der Waals surface area contributed by atoms with E-state index in [1.165, 1.54) is 12.8 Å². The number of ether oxygens (including phenoxy) is 1. The fourth-order valence-corrected chi connectivity index (χ4v) is 3.70. The Morgan fingerprint density at radius 2 is 1.88 bits per heavy atom. The summed E-state index contributed by atoms with van der Waals surface area (Å²) in [6.45, 7) is 2.17. The fraction of sp³-hybridized carbons (Fsp3) is 0.600. The number of amides is 2. The van der Waals surface area contributed by atoms with Gasteiger partial charge >= 0.3 is 0 Å². The van der Waals surface area contributed by atoms with Crippen LogP contribution in [0.1, 0.15) is 50.0 Å². The number of hydrogen-bond acceptors (Lipinski definition) is 3. The molecule has 1 aliphatic heterocycles. The highest BCUT2D eigenvalue weighted by molar-refractivity contribution is 5.84. The van der Waals surface area contributed by atoms with Crippen molar-refractivity contribution in [2.24, 2.45) is 5.92 Å². The molecule has 0 bridgehead atoms. The van der Waals surface area contributed by atoms with Crippen molar-refractivity contribution in [3.63, 3.8) is 0 Å². The standard InChI is InChI=1S/C20H28N2O3/c1-25-18-9-5-4-8-15(18)16-14-17(16)20(24)21-11-10-19(23)22-12-6-2-3-7-13-22/h4-5,8-9,16-17H,2-3,6-7,10-14H2,1H3,(H,21,24)/t16-,17-/m1/s1. The van der Waals surface area contributed by atoms with Gasteiger partial charge in [0.15, 0.2) is 0 Å². The van der Waals surface area contributed by atoms with E-state index < -0.39 is 0 Å². The van der Waals surface area contributed by atoms with Crippen molar-refractivity contribution in [3.05, 3.63) is 29.8 Å². The molecule has 3 rings (SSSR count). The van der Waals surface area contributed by atoms with Gasteiger partial charge in [-0.15, -0.1) is 0 Å². The average molecular weight is 344 g/mol. The maximum atomic E-state index is 12.3. The highest BCUT2D eigenvalue weighted by Gasteiger charge is 2.45. The highest BCUT2D eigenvalue weighted by Crippen LogP contribution is 2.50. The third-order valence-electron chi connectivity index (χ3n) is 5.26. The van der Waals surface area contributed by atoms with Gasteiger partial charge in [0.05, 0.1) is 7.11 Å². The van der Waals surface area contributed by atoms with E-state index >= 15 is 0 Å². The first-order valence-electron chi connectivity index (χ1n) is 9.39. The number of nitrogens with one attached hydrogen (secondary N) is 1. The van der Waals surface area contributed by atoms with Crippen LogP contribution in [0.15, 0.2) is 24.3 Å². The van der Waals surface area contributed by atoms with Crippen LogP contribution in [-0.4, -0.2) is 43.5 Å². The van der Waals surface area contributed by atoms with Crippen molar-refractivity contribution in [2.45, 2.75) is 44.4 Å². The van der Waals surface area contributed by atoms with E-state index in [4.69, 9.17) is 4.74 Å². The van der Waals surface area contributed by atoms with Crippen LogP contribution in [0.2, 0.25) is 0 Å². The molecule has 2 amide bonds. The van der Waals surface area contributed by atoms with Crippen LogP contribution in [0.4, 0.5) is 0 Å². The molecule has 0 aromatic heterocycles.